The van der Waals surface area contributed by atoms with Gasteiger partial charge in [0.1, 0.15) is 5.82 Å². The van der Waals surface area contributed by atoms with Crippen LogP contribution in [-0.4, -0.2) is 29.6 Å². The highest BCUT2D eigenvalue weighted by Gasteiger charge is 2.23. The molecule has 0 aliphatic heterocycles. The van der Waals surface area contributed by atoms with Crippen LogP contribution in [0.25, 0.3) is 0 Å². The Labute approximate surface area is 123 Å². The van der Waals surface area contributed by atoms with Gasteiger partial charge in [0, 0.05) is 12.2 Å². The van der Waals surface area contributed by atoms with Crippen molar-refractivity contribution in [2.75, 3.05) is 11.9 Å². The van der Waals surface area contributed by atoms with Crippen LogP contribution in [0.5, 0.6) is 0 Å². The number of carbonyl (C=O) groups is 2. The average molecular weight is 296 g/mol. The molecular weight excluding hydrogens is 275 g/mol. The Kier molecular flexibility index (Phi) is 5.43. The molecule has 0 heterocycles. The smallest absolute Gasteiger partial charge is 0.313 e. The van der Waals surface area contributed by atoms with E-state index in [4.69, 9.17) is 0 Å². The number of halogens is 1. The summed E-state index contributed by atoms with van der Waals surface area (Å²) in [5.74, 6) is -2.24. The molecule has 0 saturated carbocycles. The Morgan fingerprint density at radius 2 is 1.90 bits per heavy atom. The summed E-state index contributed by atoms with van der Waals surface area (Å²) in [6, 6.07) is 4.16. The highest BCUT2D eigenvalue weighted by Crippen LogP contribution is 2.18. The quantitative estimate of drug-likeness (QED) is 0.741. The van der Waals surface area contributed by atoms with E-state index >= 15 is 0 Å². The third-order valence-corrected chi connectivity index (χ3v) is 3.09. The minimum atomic E-state index is -0.903. The van der Waals surface area contributed by atoms with Crippen molar-refractivity contribution < 1.29 is 19.1 Å². The van der Waals surface area contributed by atoms with Crippen LogP contribution in [0.15, 0.2) is 18.2 Å². The highest BCUT2D eigenvalue weighted by molar-refractivity contribution is 6.39. The maximum absolute atomic E-state index is 13.3. The maximum Gasteiger partial charge on any atom is 0.313 e. The topological polar surface area (TPSA) is 78.4 Å². The molecule has 0 aliphatic rings. The van der Waals surface area contributed by atoms with Crippen LogP contribution in [0, 0.1) is 18.2 Å². The molecule has 1 aromatic carbocycles. The Morgan fingerprint density at radius 1 is 1.29 bits per heavy atom. The zero-order valence-electron chi connectivity index (χ0n) is 12.7. The fraction of sp³-hybridized carbons (Fsp3) is 0.467. The first-order valence-electron chi connectivity index (χ1n) is 6.64. The molecule has 0 fully saturated rings. The Bertz CT molecular complexity index is 538. The van der Waals surface area contributed by atoms with Crippen LogP contribution in [0.2, 0.25) is 0 Å². The number of benzene rings is 1. The Morgan fingerprint density at radius 3 is 2.43 bits per heavy atom. The molecule has 3 N–H and O–H groups in total. The lowest BCUT2D eigenvalue weighted by Crippen LogP contribution is -2.43. The number of rotatable bonds is 3. The number of anilines is 1. The number of hydrogen-bond donors (Lipinski definition) is 3. The molecule has 6 heteroatoms. The molecule has 1 unspecified atom stereocenters. The van der Waals surface area contributed by atoms with Crippen molar-refractivity contribution in [3.8, 4) is 0 Å². The lowest BCUT2D eigenvalue weighted by atomic mass is 9.89. The van der Waals surface area contributed by atoms with Gasteiger partial charge in [0.2, 0.25) is 0 Å². The highest BCUT2D eigenvalue weighted by atomic mass is 19.1. The van der Waals surface area contributed by atoms with E-state index < -0.39 is 29.2 Å². The summed E-state index contributed by atoms with van der Waals surface area (Å²) in [6.45, 7) is 7.02. The molecule has 1 aromatic rings. The normalized spacial score (nSPS) is 12.7. The molecule has 0 aromatic heterocycles. The van der Waals surface area contributed by atoms with Crippen molar-refractivity contribution in [1.29, 1.82) is 0 Å². The van der Waals surface area contributed by atoms with Gasteiger partial charge in [-0.05, 0) is 30.0 Å². The zero-order valence-corrected chi connectivity index (χ0v) is 12.7. The van der Waals surface area contributed by atoms with Gasteiger partial charge in [-0.1, -0.05) is 26.8 Å². The minimum Gasteiger partial charge on any atom is -0.391 e. The van der Waals surface area contributed by atoms with Gasteiger partial charge < -0.3 is 15.7 Å². The molecule has 1 rings (SSSR count). The second kappa shape index (κ2) is 6.67. The van der Waals surface area contributed by atoms with Gasteiger partial charge in [-0.2, -0.15) is 0 Å². The van der Waals surface area contributed by atoms with Gasteiger partial charge in [0.25, 0.3) is 0 Å². The van der Waals surface area contributed by atoms with Gasteiger partial charge in [-0.15, -0.1) is 0 Å². The monoisotopic (exact) mass is 296 g/mol. The fourth-order valence-corrected chi connectivity index (χ4v) is 1.43. The molecule has 0 bridgehead atoms. The minimum absolute atomic E-state index is 0.0297. The number of amides is 2. The Hall–Kier alpha value is -1.95. The van der Waals surface area contributed by atoms with Gasteiger partial charge in [0.15, 0.2) is 0 Å². The number of hydrogen-bond acceptors (Lipinski definition) is 3. The summed E-state index contributed by atoms with van der Waals surface area (Å²) in [7, 11) is 0. The van der Waals surface area contributed by atoms with E-state index in [1.54, 1.807) is 6.92 Å². The predicted molar refractivity (Wildman–Crippen MR) is 78.2 cm³/mol. The second-order valence-electron chi connectivity index (χ2n) is 6.01. The lowest BCUT2D eigenvalue weighted by Gasteiger charge is -2.25. The van der Waals surface area contributed by atoms with E-state index in [0.717, 1.165) is 6.07 Å². The van der Waals surface area contributed by atoms with Crippen molar-refractivity contribution in [3.05, 3.63) is 29.6 Å². The second-order valence-corrected chi connectivity index (χ2v) is 6.01. The molecule has 0 aliphatic carbocycles. The summed E-state index contributed by atoms with van der Waals surface area (Å²) >= 11 is 0. The first-order chi connectivity index (χ1) is 9.61. The van der Waals surface area contributed by atoms with E-state index in [9.17, 15) is 19.1 Å². The molecule has 116 valence electrons. The number of nitrogens with one attached hydrogen (secondary N) is 2. The van der Waals surface area contributed by atoms with Crippen LogP contribution in [0.4, 0.5) is 10.1 Å². The van der Waals surface area contributed by atoms with Gasteiger partial charge in [-0.3, -0.25) is 9.59 Å². The van der Waals surface area contributed by atoms with Crippen LogP contribution in [-0.2, 0) is 9.59 Å². The summed E-state index contributed by atoms with van der Waals surface area (Å²) in [5.41, 5.74) is 0.254. The van der Waals surface area contributed by atoms with Gasteiger partial charge in [-0.25, -0.2) is 4.39 Å². The van der Waals surface area contributed by atoms with Crippen LogP contribution in [0.3, 0.4) is 0 Å². The van der Waals surface area contributed by atoms with E-state index in [1.807, 2.05) is 20.8 Å². The summed E-state index contributed by atoms with van der Waals surface area (Å²) < 4.78 is 13.3. The van der Waals surface area contributed by atoms with Gasteiger partial charge in [0.05, 0.1) is 6.10 Å². The third-order valence-electron chi connectivity index (χ3n) is 3.09. The van der Waals surface area contributed by atoms with E-state index in [2.05, 4.69) is 10.6 Å². The molecule has 0 spiro atoms. The first kappa shape index (κ1) is 17.1. The van der Waals surface area contributed by atoms with Crippen molar-refractivity contribution in [2.24, 2.45) is 5.41 Å². The van der Waals surface area contributed by atoms with Crippen LogP contribution < -0.4 is 10.6 Å². The third kappa shape index (κ3) is 5.15. The van der Waals surface area contributed by atoms with Crippen molar-refractivity contribution >= 4 is 17.5 Å². The molecule has 0 radical (unpaired) electrons. The summed E-state index contributed by atoms with van der Waals surface area (Å²) in [6.07, 6.45) is -0.772. The summed E-state index contributed by atoms with van der Waals surface area (Å²) in [4.78, 5) is 23.2. The van der Waals surface area contributed by atoms with Crippen molar-refractivity contribution in [1.82, 2.24) is 5.32 Å². The molecule has 2 amide bonds. The van der Waals surface area contributed by atoms with Gasteiger partial charge >= 0.3 is 11.8 Å². The molecule has 0 saturated heterocycles. The van der Waals surface area contributed by atoms with Crippen LogP contribution >= 0.6 is 0 Å². The molecule has 5 nitrogen and oxygen atoms in total. The number of carbonyl (C=O) groups excluding carboxylic acids is 2. The fourth-order valence-electron chi connectivity index (χ4n) is 1.43. The Balaban J connectivity index is 2.55. The standard InChI is InChI=1S/C15H21FN2O3/c1-9-5-6-10(7-11(9)16)18-14(21)13(20)17-8-12(19)15(2,3)4/h5-7,12,19H,8H2,1-4H3,(H,17,20)(H,18,21). The predicted octanol–water partition coefficient (Wildman–Crippen LogP) is 1.60. The molecule has 21 heavy (non-hydrogen) atoms. The van der Waals surface area contributed by atoms with Crippen molar-refractivity contribution in [3.63, 3.8) is 0 Å². The van der Waals surface area contributed by atoms with E-state index in [1.165, 1.54) is 12.1 Å². The van der Waals surface area contributed by atoms with Crippen LogP contribution in [0.1, 0.15) is 26.3 Å². The van der Waals surface area contributed by atoms with Crippen molar-refractivity contribution in [2.45, 2.75) is 33.8 Å². The van der Waals surface area contributed by atoms with E-state index in [-0.39, 0.29) is 12.2 Å². The average Bonchev–Trinajstić information content (AvgIpc) is 2.38. The van der Waals surface area contributed by atoms with E-state index in [0.29, 0.717) is 5.56 Å². The lowest BCUT2D eigenvalue weighted by molar-refractivity contribution is -0.136. The number of aryl methyl sites for hydroxylation is 1. The number of aliphatic hydroxyl groups excluding tert-OH is 1. The first-order valence-corrected chi connectivity index (χ1v) is 6.64. The number of aliphatic hydroxyl groups is 1. The molecular formula is C15H21FN2O3. The SMILES string of the molecule is Cc1ccc(NC(=O)C(=O)NCC(O)C(C)(C)C)cc1F. The maximum atomic E-state index is 13.3. The zero-order chi connectivity index (χ0) is 16.2. The molecule has 1 atom stereocenters. The summed E-state index contributed by atoms with van der Waals surface area (Å²) in [5, 5.41) is 14.4. The largest absolute Gasteiger partial charge is 0.391 e.